The number of rotatable bonds is 4. The highest BCUT2D eigenvalue weighted by Gasteiger charge is 2.25. The number of carbonyl (C=O) groups excluding carboxylic acids is 1. The van der Waals surface area contributed by atoms with Crippen molar-refractivity contribution in [3.63, 3.8) is 0 Å². The molecule has 1 heterocycles. The summed E-state index contributed by atoms with van der Waals surface area (Å²) in [7, 11) is -4.05. The van der Waals surface area contributed by atoms with E-state index in [0.29, 0.717) is 24.2 Å². The van der Waals surface area contributed by atoms with Gasteiger partial charge in [-0.1, -0.05) is 42.5 Å². The molecule has 1 amide bonds. The van der Waals surface area contributed by atoms with Crippen molar-refractivity contribution in [1.82, 2.24) is 4.90 Å². The van der Waals surface area contributed by atoms with Crippen molar-refractivity contribution in [2.75, 3.05) is 11.3 Å². The number of fused-ring (bicyclic) bond motifs is 1. The molecule has 30 heavy (non-hydrogen) atoms. The molecule has 5 nitrogen and oxygen atoms in total. The minimum Gasteiger partial charge on any atom is -0.334 e. The third-order valence-electron chi connectivity index (χ3n) is 5.29. The Kier molecular flexibility index (Phi) is 5.30. The SMILES string of the molecule is Cc1ccc(S(=O)(=O)Nc2ccccc2F)cc1C(=O)N1CCc2ccccc2C1. The summed E-state index contributed by atoms with van der Waals surface area (Å²) < 4.78 is 41.7. The number of hydrogen-bond acceptors (Lipinski definition) is 3. The zero-order chi connectivity index (χ0) is 21.3. The van der Waals surface area contributed by atoms with E-state index in [1.807, 2.05) is 18.2 Å². The zero-order valence-corrected chi connectivity index (χ0v) is 17.2. The van der Waals surface area contributed by atoms with Crippen molar-refractivity contribution in [3.8, 4) is 0 Å². The van der Waals surface area contributed by atoms with Gasteiger partial charge in [-0.15, -0.1) is 0 Å². The summed E-state index contributed by atoms with van der Waals surface area (Å²) in [5, 5.41) is 0. The Morgan fingerprint density at radius 2 is 1.70 bits per heavy atom. The van der Waals surface area contributed by atoms with Crippen molar-refractivity contribution >= 4 is 21.6 Å². The van der Waals surface area contributed by atoms with E-state index in [2.05, 4.69) is 10.8 Å². The van der Waals surface area contributed by atoms with Gasteiger partial charge in [0.05, 0.1) is 10.6 Å². The number of para-hydroxylation sites is 1. The predicted molar refractivity (Wildman–Crippen MR) is 113 cm³/mol. The molecular formula is C23H21FN2O3S. The molecule has 154 valence electrons. The standard InChI is InChI=1S/C23H21FN2O3S/c1-16-10-11-19(30(28,29)25-22-9-5-4-8-21(22)24)14-20(16)23(27)26-13-12-17-6-2-3-7-18(17)15-26/h2-11,14,25H,12-13,15H2,1H3. The molecule has 0 fully saturated rings. The van der Waals surface area contributed by atoms with E-state index < -0.39 is 15.8 Å². The van der Waals surface area contributed by atoms with Gasteiger partial charge < -0.3 is 4.90 Å². The summed E-state index contributed by atoms with van der Waals surface area (Å²) >= 11 is 0. The monoisotopic (exact) mass is 424 g/mol. The number of hydrogen-bond donors (Lipinski definition) is 1. The van der Waals surface area contributed by atoms with E-state index in [-0.39, 0.29) is 16.5 Å². The Morgan fingerprint density at radius 3 is 2.47 bits per heavy atom. The lowest BCUT2D eigenvalue weighted by Gasteiger charge is -2.29. The molecular weight excluding hydrogens is 403 g/mol. The van der Waals surface area contributed by atoms with Crippen LogP contribution in [0.2, 0.25) is 0 Å². The van der Waals surface area contributed by atoms with E-state index in [1.165, 1.54) is 35.9 Å². The third-order valence-corrected chi connectivity index (χ3v) is 6.65. The van der Waals surface area contributed by atoms with E-state index in [1.54, 1.807) is 24.0 Å². The minimum absolute atomic E-state index is 0.0860. The number of carbonyl (C=O) groups is 1. The second-order valence-electron chi connectivity index (χ2n) is 7.31. The van der Waals surface area contributed by atoms with Crippen LogP contribution in [-0.2, 0) is 23.0 Å². The third kappa shape index (κ3) is 3.93. The van der Waals surface area contributed by atoms with Crippen LogP contribution in [0.4, 0.5) is 10.1 Å². The average Bonchev–Trinajstić information content (AvgIpc) is 2.74. The first-order valence-electron chi connectivity index (χ1n) is 9.59. The van der Waals surface area contributed by atoms with Crippen molar-refractivity contribution in [1.29, 1.82) is 0 Å². The molecule has 3 aromatic carbocycles. The van der Waals surface area contributed by atoms with Gasteiger partial charge in [0.15, 0.2) is 0 Å². The molecule has 0 spiro atoms. The minimum atomic E-state index is -4.05. The second kappa shape index (κ2) is 7.91. The first-order chi connectivity index (χ1) is 14.3. The van der Waals surface area contributed by atoms with Crippen LogP contribution in [0.15, 0.2) is 71.6 Å². The lowest BCUT2D eigenvalue weighted by Crippen LogP contribution is -2.36. The largest absolute Gasteiger partial charge is 0.334 e. The number of benzene rings is 3. The number of amides is 1. The maximum Gasteiger partial charge on any atom is 0.262 e. The molecule has 4 rings (SSSR count). The van der Waals surface area contributed by atoms with Crippen molar-refractivity contribution < 1.29 is 17.6 Å². The summed E-state index contributed by atoms with van der Waals surface area (Å²) in [4.78, 5) is 14.8. The summed E-state index contributed by atoms with van der Waals surface area (Å²) in [5.41, 5.74) is 3.19. The maximum absolute atomic E-state index is 13.9. The fourth-order valence-electron chi connectivity index (χ4n) is 3.59. The number of anilines is 1. The Hall–Kier alpha value is -3.19. The fourth-order valence-corrected chi connectivity index (χ4v) is 4.68. The Morgan fingerprint density at radius 1 is 1.00 bits per heavy atom. The van der Waals surface area contributed by atoms with Crippen molar-refractivity contribution in [2.24, 2.45) is 0 Å². The van der Waals surface area contributed by atoms with Gasteiger partial charge in [-0.3, -0.25) is 9.52 Å². The first kappa shape index (κ1) is 20.1. The van der Waals surface area contributed by atoms with Gasteiger partial charge >= 0.3 is 0 Å². The summed E-state index contributed by atoms with van der Waals surface area (Å²) in [6, 6.07) is 17.9. The van der Waals surface area contributed by atoms with Crippen LogP contribution in [0.25, 0.3) is 0 Å². The molecule has 0 aliphatic carbocycles. The zero-order valence-electron chi connectivity index (χ0n) is 16.4. The van der Waals surface area contributed by atoms with Crippen LogP contribution >= 0.6 is 0 Å². The number of nitrogens with zero attached hydrogens (tertiary/aromatic N) is 1. The lowest BCUT2D eigenvalue weighted by molar-refractivity contribution is 0.0733. The lowest BCUT2D eigenvalue weighted by atomic mass is 9.98. The molecule has 0 bridgehead atoms. The van der Waals surface area contributed by atoms with E-state index in [0.717, 1.165) is 12.0 Å². The van der Waals surface area contributed by atoms with Gasteiger partial charge in [0.1, 0.15) is 5.82 Å². The summed E-state index contributed by atoms with van der Waals surface area (Å²) in [5.74, 6) is -0.888. The highest BCUT2D eigenvalue weighted by atomic mass is 32.2. The summed E-state index contributed by atoms with van der Waals surface area (Å²) in [6.07, 6.45) is 0.758. The smallest absolute Gasteiger partial charge is 0.262 e. The second-order valence-corrected chi connectivity index (χ2v) is 8.99. The van der Waals surface area contributed by atoms with E-state index >= 15 is 0 Å². The maximum atomic E-state index is 13.9. The Bertz CT molecular complexity index is 1220. The van der Waals surface area contributed by atoms with Crippen LogP contribution < -0.4 is 4.72 Å². The van der Waals surface area contributed by atoms with Crippen LogP contribution in [0, 0.1) is 12.7 Å². The number of sulfonamides is 1. The number of halogens is 1. The first-order valence-corrected chi connectivity index (χ1v) is 11.1. The van der Waals surface area contributed by atoms with Gasteiger partial charge in [-0.2, -0.15) is 0 Å². The fraction of sp³-hybridized carbons (Fsp3) is 0.174. The van der Waals surface area contributed by atoms with Crippen LogP contribution in [0.1, 0.15) is 27.0 Å². The van der Waals surface area contributed by atoms with Crippen LogP contribution in [0.3, 0.4) is 0 Å². The highest BCUT2D eigenvalue weighted by molar-refractivity contribution is 7.92. The normalized spacial score (nSPS) is 13.6. The Labute approximate surface area is 175 Å². The molecule has 0 atom stereocenters. The number of nitrogens with one attached hydrogen (secondary N) is 1. The predicted octanol–water partition coefficient (Wildman–Crippen LogP) is 4.13. The molecule has 1 N–H and O–H groups in total. The molecule has 0 unspecified atom stereocenters. The van der Waals surface area contributed by atoms with Gasteiger partial charge in [0.25, 0.3) is 15.9 Å². The molecule has 0 saturated heterocycles. The molecule has 7 heteroatoms. The van der Waals surface area contributed by atoms with Gasteiger partial charge in [0.2, 0.25) is 0 Å². The molecule has 0 radical (unpaired) electrons. The molecule has 1 aliphatic heterocycles. The molecule has 0 aromatic heterocycles. The van der Waals surface area contributed by atoms with Crippen LogP contribution in [-0.4, -0.2) is 25.8 Å². The van der Waals surface area contributed by atoms with E-state index in [9.17, 15) is 17.6 Å². The van der Waals surface area contributed by atoms with Gasteiger partial charge in [-0.25, -0.2) is 12.8 Å². The van der Waals surface area contributed by atoms with Crippen molar-refractivity contribution in [2.45, 2.75) is 24.8 Å². The topological polar surface area (TPSA) is 66.5 Å². The van der Waals surface area contributed by atoms with Gasteiger partial charge in [0, 0.05) is 18.7 Å². The van der Waals surface area contributed by atoms with Crippen molar-refractivity contribution in [3.05, 3.63) is 94.8 Å². The highest BCUT2D eigenvalue weighted by Crippen LogP contribution is 2.24. The van der Waals surface area contributed by atoms with Gasteiger partial charge in [-0.05, 0) is 54.3 Å². The molecule has 1 aliphatic rings. The summed E-state index contributed by atoms with van der Waals surface area (Å²) in [6.45, 7) is 2.82. The number of aryl methyl sites for hydroxylation is 1. The average molecular weight is 424 g/mol. The molecule has 3 aromatic rings. The van der Waals surface area contributed by atoms with E-state index in [4.69, 9.17) is 0 Å². The molecule has 0 saturated carbocycles. The quantitative estimate of drug-likeness (QED) is 0.685. The Balaban J connectivity index is 1.62. The van der Waals surface area contributed by atoms with Crippen LogP contribution in [0.5, 0.6) is 0 Å².